The molecule has 0 unspecified atom stereocenters. The fraction of sp³-hybridized carbons (Fsp3) is 0.158. The van der Waals surface area contributed by atoms with E-state index in [1.54, 1.807) is 18.2 Å². The van der Waals surface area contributed by atoms with Crippen molar-refractivity contribution < 1.29 is 24.1 Å². The summed E-state index contributed by atoms with van der Waals surface area (Å²) in [6.45, 7) is 0. The zero-order chi connectivity index (χ0) is 18.4. The number of ketones is 1. The van der Waals surface area contributed by atoms with Crippen molar-refractivity contribution in [1.29, 1.82) is 0 Å². The summed E-state index contributed by atoms with van der Waals surface area (Å²) in [6.07, 6.45) is 2.90. The van der Waals surface area contributed by atoms with E-state index >= 15 is 0 Å². The van der Waals surface area contributed by atoms with Gasteiger partial charge in [-0.3, -0.25) is 9.59 Å². The number of allylic oxidation sites excluding steroid dienone is 1. The third kappa shape index (κ3) is 4.17. The standard InChI is InChI=1S/C19H18O6/c1-23-17-9-12(10-18(24-2)19(17)25-3)7-8-14(20)13-5-4-6-15(21)16(22)11-13/h4-11H,1-3H3,(H,21,22). The molecule has 2 aromatic rings. The maximum absolute atomic E-state index is 12.3. The van der Waals surface area contributed by atoms with E-state index < -0.39 is 11.2 Å². The van der Waals surface area contributed by atoms with Gasteiger partial charge in [-0.05, 0) is 29.8 Å². The van der Waals surface area contributed by atoms with Crippen LogP contribution >= 0.6 is 0 Å². The van der Waals surface area contributed by atoms with Crippen LogP contribution in [0.5, 0.6) is 23.0 Å². The third-order valence-corrected chi connectivity index (χ3v) is 3.47. The number of ether oxygens (including phenoxy) is 3. The van der Waals surface area contributed by atoms with E-state index in [0.29, 0.717) is 22.8 Å². The minimum atomic E-state index is -0.616. The minimum Gasteiger partial charge on any atom is -0.504 e. The van der Waals surface area contributed by atoms with Gasteiger partial charge in [-0.2, -0.15) is 0 Å². The molecule has 6 heteroatoms. The number of rotatable bonds is 6. The molecule has 0 amide bonds. The smallest absolute Gasteiger partial charge is 0.220 e. The van der Waals surface area contributed by atoms with E-state index in [4.69, 9.17) is 14.2 Å². The second-order valence-electron chi connectivity index (χ2n) is 5.03. The highest BCUT2D eigenvalue weighted by molar-refractivity contribution is 6.06. The van der Waals surface area contributed by atoms with Crippen LogP contribution in [0.1, 0.15) is 15.9 Å². The first-order chi connectivity index (χ1) is 12.0. The second kappa shape index (κ2) is 8.01. The van der Waals surface area contributed by atoms with Gasteiger partial charge >= 0.3 is 0 Å². The molecule has 0 spiro atoms. The van der Waals surface area contributed by atoms with Gasteiger partial charge in [0.1, 0.15) is 0 Å². The lowest BCUT2D eigenvalue weighted by atomic mass is 10.1. The monoisotopic (exact) mass is 342 g/mol. The van der Waals surface area contributed by atoms with Gasteiger partial charge in [0.15, 0.2) is 23.0 Å². The molecule has 0 fully saturated rings. The molecule has 0 aromatic heterocycles. The van der Waals surface area contributed by atoms with E-state index in [9.17, 15) is 14.7 Å². The molecule has 0 aliphatic carbocycles. The SMILES string of the molecule is COc1cc(C=CC(=O)c2cccc(O)c(=O)c2)cc(OC)c1OC. The Morgan fingerprint density at radius 2 is 1.64 bits per heavy atom. The van der Waals surface area contributed by atoms with Crippen LogP contribution in [0.2, 0.25) is 0 Å². The second-order valence-corrected chi connectivity index (χ2v) is 5.03. The quantitative estimate of drug-likeness (QED) is 0.642. The molecule has 0 saturated carbocycles. The first-order valence-corrected chi connectivity index (χ1v) is 7.36. The Morgan fingerprint density at radius 1 is 1.00 bits per heavy atom. The predicted octanol–water partition coefficient (Wildman–Crippen LogP) is 2.67. The largest absolute Gasteiger partial charge is 0.504 e. The van der Waals surface area contributed by atoms with Gasteiger partial charge < -0.3 is 19.3 Å². The van der Waals surface area contributed by atoms with Crippen molar-refractivity contribution in [3.8, 4) is 23.0 Å². The average molecular weight is 342 g/mol. The molecule has 25 heavy (non-hydrogen) atoms. The van der Waals surface area contributed by atoms with E-state index in [1.807, 2.05) is 0 Å². The average Bonchev–Trinajstić information content (AvgIpc) is 2.79. The molecule has 1 N–H and O–H groups in total. The van der Waals surface area contributed by atoms with Crippen molar-refractivity contribution in [3.05, 3.63) is 63.8 Å². The molecule has 0 bridgehead atoms. The van der Waals surface area contributed by atoms with Crippen molar-refractivity contribution in [2.24, 2.45) is 0 Å². The maximum Gasteiger partial charge on any atom is 0.220 e. The fourth-order valence-corrected chi connectivity index (χ4v) is 2.21. The molecule has 130 valence electrons. The summed E-state index contributed by atoms with van der Waals surface area (Å²) in [7, 11) is 4.51. The summed E-state index contributed by atoms with van der Waals surface area (Å²) < 4.78 is 15.8. The van der Waals surface area contributed by atoms with Gasteiger partial charge in [0, 0.05) is 11.6 Å². The van der Waals surface area contributed by atoms with E-state index in [2.05, 4.69) is 0 Å². The Kier molecular flexibility index (Phi) is 5.79. The molecule has 2 rings (SSSR count). The van der Waals surface area contributed by atoms with Gasteiger partial charge in [-0.15, -0.1) is 0 Å². The Labute approximate surface area is 144 Å². The van der Waals surface area contributed by atoms with Crippen LogP contribution < -0.4 is 19.6 Å². The summed E-state index contributed by atoms with van der Waals surface area (Å²) in [4.78, 5) is 23.8. The Hall–Kier alpha value is -3.28. The Balaban J connectivity index is 2.36. The number of hydrogen-bond acceptors (Lipinski definition) is 6. The molecule has 0 radical (unpaired) electrons. The van der Waals surface area contributed by atoms with Gasteiger partial charge in [0.25, 0.3) is 0 Å². The lowest BCUT2D eigenvalue weighted by Gasteiger charge is -2.12. The number of hydrogen-bond donors (Lipinski definition) is 1. The normalized spacial score (nSPS) is 10.5. The van der Waals surface area contributed by atoms with Crippen LogP contribution in [0, 0.1) is 0 Å². The molecule has 0 aliphatic rings. The molecule has 2 aromatic carbocycles. The predicted molar refractivity (Wildman–Crippen MR) is 93.8 cm³/mol. The Morgan fingerprint density at radius 3 is 2.20 bits per heavy atom. The summed E-state index contributed by atoms with van der Waals surface area (Å²) in [5, 5.41) is 9.38. The molecule has 0 atom stereocenters. The maximum atomic E-state index is 12.3. The number of carbonyl (C=O) groups is 1. The molecule has 0 heterocycles. The van der Waals surface area contributed by atoms with Crippen LogP contribution in [0.15, 0.2) is 47.3 Å². The summed E-state index contributed by atoms with van der Waals surface area (Å²) in [5.74, 6) is 0.600. The van der Waals surface area contributed by atoms with Crippen LogP contribution in [-0.2, 0) is 0 Å². The highest BCUT2D eigenvalue weighted by Gasteiger charge is 2.12. The minimum absolute atomic E-state index is 0.175. The molecular formula is C19H18O6. The fourth-order valence-electron chi connectivity index (χ4n) is 2.21. The molecule has 6 nitrogen and oxygen atoms in total. The lowest BCUT2D eigenvalue weighted by Crippen LogP contribution is -2.00. The van der Waals surface area contributed by atoms with Crippen molar-refractivity contribution in [1.82, 2.24) is 0 Å². The van der Waals surface area contributed by atoms with Crippen molar-refractivity contribution >= 4 is 11.9 Å². The highest BCUT2D eigenvalue weighted by Crippen LogP contribution is 2.38. The summed E-state index contributed by atoms with van der Waals surface area (Å²) in [6, 6.07) is 8.63. The highest BCUT2D eigenvalue weighted by atomic mass is 16.5. The number of carbonyl (C=O) groups excluding carboxylic acids is 1. The van der Waals surface area contributed by atoms with Crippen molar-refractivity contribution in [2.75, 3.05) is 21.3 Å². The first-order valence-electron chi connectivity index (χ1n) is 7.36. The number of benzene rings is 1. The first kappa shape index (κ1) is 18.1. The van der Waals surface area contributed by atoms with Crippen molar-refractivity contribution in [3.63, 3.8) is 0 Å². The van der Waals surface area contributed by atoms with Gasteiger partial charge in [-0.1, -0.05) is 18.2 Å². The number of aromatic hydroxyl groups is 1. The van der Waals surface area contributed by atoms with Crippen LogP contribution in [0.25, 0.3) is 6.08 Å². The van der Waals surface area contributed by atoms with Gasteiger partial charge in [0.2, 0.25) is 11.2 Å². The zero-order valence-electron chi connectivity index (χ0n) is 14.1. The van der Waals surface area contributed by atoms with E-state index in [-0.39, 0.29) is 11.3 Å². The van der Waals surface area contributed by atoms with Gasteiger partial charge in [-0.25, -0.2) is 0 Å². The topological polar surface area (TPSA) is 82.1 Å². The Bertz CT molecular complexity index is 845. The van der Waals surface area contributed by atoms with Crippen LogP contribution in [-0.4, -0.2) is 32.2 Å². The van der Waals surface area contributed by atoms with Crippen LogP contribution in [0.3, 0.4) is 0 Å². The summed E-state index contributed by atoms with van der Waals surface area (Å²) in [5.41, 5.74) is 0.219. The molecular weight excluding hydrogens is 324 g/mol. The van der Waals surface area contributed by atoms with Crippen molar-refractivity contribution in [2.45, 2.75) is 0 Å². The zero-order valence-corrected chi connectivity index (χ0v) is 14.1. The van der Waals surface area contributed by atoms with E-state index in [1.165, 1.54) is 45.6 Å². The third-order valence-electron chi connectivity index (χ3n) is 3.47. The lowest BCUT2D eigenvalue weighted by molar-refractivity contribution is 0.104. The summed E-state index contributed by atoms with van der Waals surface area (Å²) >= 11 is 0. The molecule has 0 saturated heterocycles. The van der Waals surface area contributed by atoms with Gasteiger partial charge in [0.05, 0.1) is 21.3 Å². The van der Waals surface area contributed by atoms with E-state index in [0.717, 1.165) is 6.07 Å². The number of methoxy groups -OCH3 is 3. The van der Waals surface area contributed by atoms with Crippen LogP contribution in [0.4, 0.5) is 0 Å². The molecule has 0 aliphatic heterocycles.